The maximum Gasteiger partial charge on any atom is 0.219 e. The third-order valence-corrected chi connectivity index (χ3v) is 3.15. The van der Waals surface area contributed by atoms with Crippen molar-refractivity contribution >= 4 is 5.95 Å². The van der Waals surface area contributed by atoms with Crippen molar-refractivity contribution < 1.29 is 4.74 Å². The summed E-state index contributed by atoms with van der Waals surface area (Å²) in [5.41, 5.74) is 9.11. The Kier molecular flexibility index (Phi) is 3.47. The average Bonchev–Trinajstić information content (AvgIpc) is 2.56. The molecule has 0 amide bonds. The minimum atomic E-state index is 0.254. The van der Waals surface area contributed by atoms with E-state index < -0.39 is 0 Å². The molecule has 5 heteroatoms. The van der Waals surface area contributed by atoms with Gasteiger partial charge in [-0.2, -0.15) is 0 Å². The number of nitrogen functional groups attached to an aromatic ring is 1. The molecule has 0 saturated carbocycles. The Morgan fingerprint density at radius 2 is 1.57 bits per heavy atom. The van der Waals surface area contributed by atoms with Crippen LogP contribution in [-0.2, 0) is 0 Å². The fourth-order valence-corrected chi connectivity index (χ4v) is 2.08. The van der Waals surface area contributed by atoms with Gasteiger partial charge in [0, 0.05) is 35.3 Å². The number of ether oxygens (including phenoxy) is 1. The lowest BCUT2D eigenvalue weighted by molar-refractivity contribution is 0.416. The molecule has 0 aliphatic heterocycles. The van der Waals surface area contributed by atoms with Crippen LogP contribution in [0.3, 0.4) is 0 Å². The van der Waals surface area contributed by atoms with Crippen LogP contribution in [0.2, 0.25) is 0 Å². The van der Waals surface area contributed by atoms with E-state index in [4.69, 9.17) is 10.5 Å². The highest BCUT2D eigenvalue weighted by Gasteiger charge is 2.06. The Morgan fingerprint density at radius 1 is 0.857 bits per heavy atom. The number of anilines is 1. The third-order valence-electron chi connectivity index (χ3n) is 3.15. The Balaban J connectivity index is 1.95. The Hall–Kier alpha value is -2.95. The minimum Gasteiger partial charge on any atom is -0.496 e. The van der Waals surface area contributed by atoms with Gasteiger partial charge < -0.3 is 10.5 Å². The highest BCUT2D eigenvalue weighted by atomic mass is 16.5. The number of para-hydroxylation sites is 1. The van der Waals surface area contributed by atoms with Crippen LogP contribution in [-0.4, -0.2) is 22.1 Å². The van der Waals surface area contributed by atoms with Gasteiger partial charge in [0.2, 0.25) is 5.95 Å². The van der Waals surface area contributed by atoms with E-state index in [1.54, 1.807) is 19.5 Å². The number of benzene rings is 1. The molecule has 3 rings (SSSR count). The van der Waals surface area contributed by atoms with Gasteiger partial charge in [-0.25, -0.2) is 9.97 Å². The second-order valence-electron chi connectivity index (χ2n) is 4.46. The fraction of sp³-hybridized carbons (Fsp3) is 0.0625. The van der Waals surface area contributed by atoms with E-state index in [0.717, 1.165) is 28.1 Å². The third kappa shape index (κ3) is 2.67. The Bertz CT molecular complexity index is 739. The molecule has 21 heavy (non-hydrogen) atoms. The van der Waals surface area contributed by atoms with E-state index in [1.807, 2.05) is 42.6 Å². The normalized spacial score (nSPS) is 10.3. The van der Waals surface area contributed by atoms with Crippen molar-refractivity contribution in [1.29, 1.82) is 0 Å². The van der Waals surface area contributed by atoms with E-state index >= 15 is 0 Å². The monoisotopic (exact) mass is 278 g/mol. The van der Waals surface area contributed by atoms with E-state index in [0.29, 0.717) is 0 Å². The Morgan fingerprint density at radius 3 is 2.24 bits per heavy atom. The first kappa shape index (κ1) is 13.1. The summed E-state index contributed by atoms with van der Waals surface area (Å²) in [5.74, 6) is 1.08. The molecular weight excluding hydrogens is 264 g/mol. The summed E-state index contributed by atoms with van der Waals surface area (Å²) < 4.78 is 5.37. The molecular formula is C16H14N4O. The zero-order chi connectivity index (χ0) is 14.7. The summed E-state index contributed by atoms with van der Waals surface area (Å²) in [4.78, 5) is 12.4. The summed E-state index contributed by atoms with van der Waals surface area (Å²) in [6, 6.07) is 11.8. The number of hydrogen-bond donors (Lipinski definition) is 1. The molecule has 3 aromatic rings. The summed E-state index contributed by atoms with van der Waals surface area (Å²) >= 11 is 0. The molecule has 0 bridgehead atoms. The molecule has 0 atom stereocenters. The molecule has 2 heterocycles. The van der Waals surface area contributed by atoms with Gasteiger partial charge in [0.1, 0.15) is 5.75 Å². The van der Waals surface area contributed by atoms with Crippen LogP contribution in [0, 0.1) is 0 Å². The molecule has 0 saturated heterocycles. The summed E-state index contributed by atoms with van der Waals surface area (Å²) in [7, 11) is 1.66. The van der Waals surface area contributed by atoms with Crippen LogP contribution in [0.5, 0.6) is 5.75 Å². The molecule has 0 fully saturated rings. The van der Waals surface area contributed by atoms with Gasteiger partial charge in [-0.1, -0.05) is 24.3 Å². The molecule has 0 radical (unpaired) electrons. The Labute approximate surface area is 122 Å². The first-order chi connectivity index (χ1) is 10.3. The molecule has 2 aromatic heterocycles. The van der Waals surface area contributed by atoms with Crippen molar-refractivity contribution in [3.63, 3.8) is 0 Å². The zero-order valence-electron chi connectivity index (χ0n) is 11.5. The molecule has 0 unspecified atom stereocenters. The molecule has 0 spiro atoms. The van der Waals surface area contributed by atoms with Crippen LogP contribution in [0.25, 0.3) is 22.4 Å². The lowest BCUT2D eigenvalue weighted by Crippen LogP contribution is -1.94. The predicted molar refractivity (Wildman–Crippen MR) is 81.7 cm³/mol. The quantitative estimate of drug-likeness (QED) is 0.797. The van der Waals surface area contributed by atoms with E-state index in [2.05, 4.69) is 15.0 Å². The SMILES string of the molecule is COc1ccccc1-c1ccc(-c2cnc(N)nc2)nc1. The first-order valence-corrected chi connectivity index (χ1v) is 6.45. The highest BCUT2D eigenvalue weighted by Crippen LogP contribution is 2.29. The van der Waals surface area contributed by atoms with Gasteiger partial charge in [0.05, 0.1) is 12.8 Å². The number of aromatic nitrogens is 3. The number of nitrogens with two attached hydrogens (primary N) is 1. The minimum absolute atomic E-state index is 0.254. The van der Waals surface area contributed by atoms with Crippen molar-refractivity contribution in [3.05, 3.63) is 55.0 Å². The molecule has 1 aromatic carbocycles. The highest BCUT2D eigenvalue weighted by molar-refractivity contribution is 5.71. The zero-order valence-corrected chi connectivity index (χ0v) is 11.5. The topological polar surface area (TPSA) is 73.9 Å². The number of nitrogens with zero attached hydrogens (tertiary/aromatic N) is 3. The van der Waals surface area contributed by atoms with Crippen LogP contribution in [0.15, 0.2) is 55.0 Å². The van der Waals surface area contributed by atoms with Crippen LogP contribution >= 0.6 is 0 Å². The van der Waals surface area contributed by atoms with Crippen LogP contribution < -0.4 is 10.5 Å². The summed E-state index contributed by atoms with van der Waals surface area (Å²) in [6.45, 7) is 0. The lowest BCUT2D eigenvalue weighted by Gasteiger charge is -2.08. The molecule has 0 aliphatic rings. The van der Waals surface area contributed by atoms with Crippen molar-refractivity contribution in [1.82, 2.24) is 15.0 Å². The van der Waals surface area contributed by atoms with Crippen molar-refractivity contribution in [2.45, 2.75) is 0 Å². The van der Waals surface area contributed by atoms with E-state index in [1.165, 1.54) is 0 Å². The van der Waals surface area contributed by atoms with Crippen molar-refractivity contribution in [2.24, 2.45) is 0 Å². The molecule has 2 N–H and O–H groups in total. The number of hydrogen-bond acceptors (Lipinski definition) is 5. The second kappa shape index (κ2) is 5.58. The largest absolute Gasteiger partial charge is 0.496 e. The molecule has 5 nitrogen and oxygen atoms in total. The van der Waals surface area contributed by atoms with Crippen LogP contribution in [0.1, 0.15) is 0 Å². The van der Waals surface area contributed by atoms with E-state index in [9.17, 15) is 0 Å². The summed E-state index contributed by atoms with van der Waals surface area (Å²) in [6.07, 6.45) is 5.13. The van der Waals surface area contributed by atoms with Crippen LogP contribution in [0.4, 0.5) is 5.95 Å². The van der Waals surface area contributed by atoms with Crippen molar-refractivity contribution in [3.8, 4) is 28.1 Å². The smallest absolute Gasteiger partial charge is 0.219 e. The number of methoxy groups -OCH3 is 1. The lowest BCUT2D eigenvalue weighted by atomic mass is 10.1. The van der Waals surface area contributed by atoms with Gasteiger partial charge in [-0.15, -0.1) is 0 Å². The predicted octanol–water partition coefficient (Wildman–Crippen LogP) is 2.80. The van der Waals surface area contributed by atoms with Gasteiger partial charge in [-0.05, 0) is 12.1 Å². The summed E-state index contributed by atoms with van der Waals surface area (Å²) in [5, 5.41) is 0. The number of pyridine rings is 1. The maximum atomic E-state index is 5.48. The standard InChI is InChI=1S/C16H14N4O/c1-21-15-5-3-2-4-13(15)11-6-7-14(18-8-11)12-9-19-16(17)20-10-12/h2-10H,1H3,(H2,17,19,20). The first-order valence-electron chi connectivity index (χ1n) is 6.45. The number of rotatable bonds is 3. The maximum absolute atomic E-state index is 5.48. The average molecular weight is 278 g/mol. The fourth-order valence-electron chi connectivity index (χ4n) is 2.08. The molecule has 0 aliphatic carbocycles. The van der Waals surface area contributed by atoms with Gasteiger partial charge in [0.25, 0.3) is 0 Å². The van der Waals surface area contributed by atoms with Gasteiger partial charge >= 0.3 is 0 Å². The van der Waals surface area contributed by atoms with Gasteiger partial charge in [-0.3, -0.25) is 4.98 Å². The van der Waals surface area contributed by atoms with Crippen molar-refractivity contribution in [2.75, 3.05) is 12.8 Å². The second-order valence-corrected chi connectivity index (χ2v) is 4.46. The van der Waals surface area contributed by atoms with Gasteiger partial charge in [0.15, 0.2) is 0 Å². The molecule has 104 valence electrons. The van der Waals surface area contributed by atoms with E-state index in [-0.39, 0.29) is 5.95 Å².